The zero-order valence-corrected chi connectivity index (χ0v) is 19.9. The van der Waals surface area contributed by atoms with Crippen LogP contribution in [0.2, 0.25) is 0 Å². The van der Waals surface area contributed by atoms with E-state index in [1.807, 2.05) is 51.1 Å². The van der Waals surface area contributed by atoms with Gasteiger partial charge in [0.2, 0.25) is 0 Å². The number of carbonyl (C=O) groups excluding carboxylic acids is 2. The molecule has 1 saturated heterocycles. The highest BCUT2D eigenvalue weighted by Crippen LogP contribution is 2.27. The van der Waals surface area contributed by atoms with Crippen LogP contribution in [-0.2, 0) is 20.9 Å². The van der Waals surface area contributed by atoms with E-state index in [-0.39, 0.29) is 30.1 Å². The molecule has 7 heteroatoms. The Morgan fingerprint density at radius 2 is 1.65 bits per heavy atom. The third kappa shape index (κ3) is 8.15. The number of rotatable bonds is 8. The molecular weight excluding hydrogens is 394 g/mol. The van der Waals surface area contributed by atoms with Gasteiger partial charge in [-0.15, -0.1) is 0 Å². The molecule has 1 aliphatic heterocycles. The van der Waals surface area contributed by atoms with Gasteiger partial charge in [-0.3, -0.25) is 9.69 Å². The van der Waals surface area contributed by atoms with Crippen molar-refractivity contribution in [2.24, 2.45) is 5.41 Å². The van der Waals surface area contributed by atoms with Gasteiger partial charge in [0.1, 0.15) is 18.2 Å². The van der Waals surface area contributed by atoms with Gasteiger partial charge < -0.3 is 19.7 Å². The molecule has 1 aliphatic rings. The van der Waals surface area contributed by atoms with E-state index in [1.165, 1.54) is 0 Å². The standard InChI is InChI=1S/C24H39N3O4/c1-23(2,3)31-22(29)27-16-14-26(15-17-27)13-12-24(4,5)20(25-6)21(28)30-18-19-10-8-7-9-11-19/h7-11,20,25H,12-18H2,1-6H3. The lowest BCUT2D eigenvalue weighted by molar-refractivity contribution is -0.150. The first-order valence-corrected chi connectivity index (χ1v) is 11.1. The molecule has 7 nitrogen and oxygen atoms in total. The van der Waals surface area contributed by atoms with E-state index in [4.69, 9.17) is 9.47 Å². The molecule has 1 atom stereocenters. The van der Waals surface area contributed by atoms with Crippen molar-refractivity contribution >= 4 is 12.1 Å². The molecule has 174 valence electrons. The fourth-order valence-corrected chi connectivity index (χ4v) is 3.71. The first kappa shape index (κ1) is 25.1. The largest absolute Gasteiger partial charge is 0.460 e. The van der Waals surface area contributed by atoms with Crippen LogP contribution in [0, 0.1) is 5.41 Å². The summed E-state index contributed by atoms with van der Waals surface area (Å²) in [5.74, 6) is -0.230. The summed E-state index contributed by atoms with van der Waals surface area (Å²) in [6, 6.07) is 9.32. The summed E-state index contributed by atoms with van der Waals surface area (Å²) in [7, 11) is 1.80. The molecular formula is C24H39N3O4. The summed E-state index contributed by atoms with van der Waals surface area (Å²) in [5.41, 5.74) is 0.228. The Bertz CT molecular complexity index is 707. The maximum Gasteiger partial charge on any atom is 0.410 e. The first-order valence-electron chi connectivity index (χ1n) is 11.1. The molecule has 31 heavy (non-hydrogen) atoms. The number of likely N-dealkylation sites (N-methyl/N-ethyl adjacent to an activating group) is 1. The number of nitrogens with zero attached hydrogens (tertiary/aromatic N) is 2. The number of piperazine rings is 1. The SMILES string of the molecule is CNC(C(=O)OCc1ccccc1)C(C)(C)CCN1CCN(C(=O)OC(C)(C)C)CC1. The molecule has 1 N–H and O–H groups in total. The summed E-state index contributed by atoms with van der Waals surface area (Å²) in [5, 5.41) is 3.15. The van der Waals surface area contributed by atoms with Crippen molar-refractivity contribution in [1.82, 2.24) is 15.1 Å². The Morgan fingerprint density at radius 1 is 1.03 bits per heavy atom. The number of nitrogens with one attached hydrogen (secondary N) is 1. The second-order valence-electron chi connectivity index (χ2n) is 9.86. The molecule has 0 aromatic heterocycles. The Hall–Kier alpha value is -2.12. The van der Waals surface area contributed by atoms with Crippen LogP contribution < -0.4 is 5.32 Å². The average Bonchev–Trinajstić information content (AvgIpc) is 2.71. The fraction of sp³-hybridized carbons (Fsp3) is 0.667. The maximum absolute atomic E-state index is 12.7. The minimum atomic E-state index is -0.477. The van der Waals surface area contributed by atoms with E-state index in [9.17, 15) is 9.59 Å². The van der Waals surface area contributed by atoms with Gasteiger partial charge in [-0.2, -0.15) is 0 Å². The minimum Gasteiger partial charge on any atom is -0.460 e. The molecule has 0 aliphatic carbocycles. The van der Waals surface area contributed by atoms with E-state index in [1.54, 1.807) is 11.9 Å². The van der Waals surface area contributed by atoms with Crippen molar-refractivity contribution < 1.29 is 19.1 Å². The summed E-state index contributed by atoms with van der Waals surface area (Å²) in [4.78, 5) is 29.1. The number of hydrogen-bond donors (Lipinski definition) is 1. The summed E-state index contributed by atoms with van der Waals surface area (Å²) < 4.78 is 11.0. The second kappa shape index (κ2) is 11.0. The topological polar surface area (TPSA) is 71.1 Å². The van der Waals surface area contributed by atoms with Crippen LogP contribution >= 0.6 is 0 Å². The number of amides is 1. The average molecular weight is 434 g/mol. The molecule has 2 rings (SSSR count). The predicted octanol–water partition coefficient (Wildman–Crippen LogP) is 3.29. The predicted molar refractivity (Wildman–Crippen MR) is 122 cm³/mol. The Balaban J connectivity index is 1.80. The Morgan fingerprint density at radius 3 is 2.19 bits per heavy atom. The van der Waals surface area contributed by atoms with Crippen molar-refractivity contribution in [2.75, 3.05) is 39.8 Å². The van der Waals surface area contributed by atoms with Crippen LogP contribution in [0.3, 0.4) is 0 Å². The van der Waals surface area contributed by atoms with Crippen LogP contribution in [0.5, 0.6) is 0 Å². The fourth-order valence-electron chi connectivity index (χ4n) is 3.71. The van der Waals surface area contributed by atoms with Crippen molar-refractivity contribution in [3.05, 3.63) is 35.9 Å². The minimum absolute atomic E-state index is 0.230. The molecule has 1 fully saturated rings. The lowest BCUT2D eigenvalue weighted by Crippen LogP contribution is -2.52. The highest BCUT2D eigenvalue weighted by molar-refractivity contribution is 5.76. The van der Waals surface area contributed by atoms with Gasteiger partial charge in [0.05, 0.1) is 0 Å². The number of hydrogen-bond acceptors (Lipinski definition) is 6. The van der Waals surface area contributed by atoms with Gasteiger partial charge in [-0.05, 0) is 51.8 Å². The van der Waals surface area contributed by atoms with Crippen LogP contribution in [0.4, 0.5) is 4.79 Å². The Labute approximate surface area is 187 Å². The molecule has 1 heterocycles. The Kier molecular flexibility index (Phi) is 8.89. The quantitative estimate of drug-likeness (QED) is 0.635. The molecule has 1 unspecified atom stereocenters. The van der Waals surface area contributed by atoms with E-state index in [0.29, 0.717) is 13.1 Å². The third-order valence-corrected chi connectivity index (χ3v) is 5.63. The highest BCUT2D eigenvalue weighted by atomic mass is 16.6. The molecule has 0 spiro atoms. The van der Waals surface area contributed by atoms with Crippen LogP contribution in [-0.4, -0.2) is 73.3 Å². The lowest BCUT2D eigenvalue weighted by atomic mass is 9.81. The number of esters is 1. The van der Waals surface area contributed by atoms with Crippen molar-refractivity contribution in [3.8, 4) is 0 Å². The van der Waals surface area contributed by atoms with Gasteiger partial charge in [-0.1, -0.05) is 44.2 Å². The van der Waals surface area contributed by atoms with Gasteiger partial charge in [0.25, 0.3) is 0 Å². The van der Waals surface area contributed by atoms with E-state index in [2.05, 4.69) is 24.1 Å². The van der Waals surface area contributed by atoms with Crippen LogP contribution in [0.1, 0.15) is 46.6 Å². The molecule has 1 aromatic carbocycles. The van der Waals surface area contributed by atoms with Gasteiger partial charge in [0, 0.05) is 26.2 Å². The smallest absolute Gasteiger partial charge is 0.410 e. The molecule has 1 amide bonds. The van der Waals surface area contributed by atoms with Crippen LogP contribution in [0.25, 0.3) is 0 Å². The summed E-state index contributed by atoms with van der Waals surface area (Å²) in [6.07, 6.45) is 0.592. The lowest BCUT2D eigenvalue weighted by Gasteiger charge is -2.38. The zero-order valence-electron chi connectivity index (χ0n) is 19.9. The van der Waals surface area contributed by atoms with E-state index < -0.39 is 5.60 Å². The highest BCUT2D eigenvalue weighted by Gasteiger charge is 2.36. The third-order valence-electron chi connectivity index (χ3n) is 5.63. The van der Waals surface area contributed by atoms with Gasteiger partial charge >= 0.3 is 12.1 Å². The van der Waals surface area contributed by atoms with Crippen LogP contribution in [0.15, 0.2) is 30.3 Å². The van der Waals surface area contributed by atoms with Crippen molar-refractivity contribution in [2.45, 2.75) is 59.3 Å². The van der Waals surface area contributed by atoms with E-state index >= 15 is 0 Å². The summed E-state index contributed by atoms with van der Waals surface area (Å²) >= 11 is 0. The van der Waals surface area contributed by atoms with Gasteiger partial charge in [-0.25, -0.2) is 4.79 Å². The number of benzene rings is 1. The zero-order chi connectivity index (χ0) is 23.1. The van der Waals surface area contributed by atoms with Crippen molar-refractivity contribution in [3.63, 3.8) is 0 Å². The molecule has 1 aromatic rings. The summed E-state index contributed by atoms with van der Waals surface area (Å²) in [6.45, 7) is 13.9. The maximum atomic E-state index is 12.7. The van der Waals surface area contributed by atoms with Gasteiger partial charge in [0.15, 0.2) is 0 Å². The number of carbonyl (C=O) groups is 2. The number of ether oxygens (including phenoxy) is 2. The second-order valence-corrected chi connectivity index (χ2v) is 9.86. The molecule has 0 bridgehead atoms. The molecule has 0 radical (unpaired) electrons. The molecule has 0 saturated carbocycles. The van der Waals surface area contributed by atoms with E-state index in [0.717, 1.165) is 31.6 Å². The first-order chi connectivity index (χ1) is 14.5. The van der Waals surface area contributed by atoms with Crippen molar-refractivity contribution in [1.29, 1.82) is 0 Å². The monoisotopic (exact) mass is 433 g/mol. The normalized spacial score (nSPS) is 16.6.